The number of carbonyl (C=O) groups excluding carboxylic acids is 1. The Bertz CT molecular complexity index is 432. The third kappa shape index (κ3) is 3.05. The van der Waals surface area contributed by atoms with Crippen molar-refractivity contribution in [2.45, 2.75) is 39.2 Å². The highest BCUT2D eigenvalue weighted by Crippen LogP contribution is 2.29. The number of hydrogen-bond acceptors (Lipinski definition) is 1. The Kier molecular flexibility index (Phi) is 4.28. The summed E-state index contributed by atoms with van der Waals surface area (Å²) in [6, 6.07) is 7.40. The highest BCUT2D eigenvalue weighted by molar-refractivity contribution is 6.30. The molecule has 1 aliphatic rings. The van der Waals surface area contributed by atoms with E-state index in [1.54, 1.807) is 18.2 Å². The van der Waals surface area contributed by atoms with E-state index in [0.29, 0.717) is 28.5 Å². The number of amides is 1. The van der Waals surface area contributed by atoms with Gasteiger partial charge in [0, 0.05) is 16.6 Å². The fourth-order valence-corrected chi connectivity index (χ4v) is 2.86. The molecule has 1 N–H and O–H groups in total. The molecule has 0 bridgehead atoms. The average Bonchev–Trinajstić information content (AvgIpc) is 2.35. The summed E-state index contributed by atoms with van der Waals surface area (Å²) in [6.45, 7) is 4.50. The molecule has 1 aromatic rings. The molecule has 18 heavy (non-hydrogen) atoms. The lowest BCUT2D eigenvalue weighted by Crippen LogP contribution is -2.43. The van der Waals surface area contributed by atoms with Crippen LogP contribution in [0.3, 0.4) is 0 Å². The van der Waals surface area contributed by atoms with Crippen molar-refractivity contribution in [1.29, 1.82) is 0 Å². The van der Waals surface area contributed by atoms with Crippen LogP contribution in [-0.2, 0) is 0 Å². The Hall–Kier alpha value is -1.02. The van der Waals surface area contributed by atoms with Gasteiger partial charge in [0.25, 0.3) is 5.91 Å². The van der Waals surface area contributed by atoms with Gasteiger partial charge >= 0.3 is 0 Å². The van der Waals surface area contributed by atoms with Crippen LogP contribution in [0.5, 0.6) is 0 Å². The summed E-state index contributed by atoms with van der Waals surface area (Å²) in [6.07, 6.45) is 3.55. The van der Waals surface area contributed by atoms with E-state index in [2.05, 4.69) is 19.2 Å². The zero-order valence-electron chi connectivity index (χ0n) is 10.9. The van der Waals surface area contributed by atoms with Crippen molar-refractivity contribution < 1.29 is 4.79 Å². The van der Waals surface area contributed by atoms with E-state index in [0.717, 1.165) is 6.42 Å². The first kappa shape index (κ1) is 13.4. The van der Waals surface area contributed by atoms with Crippen molar-refractivity contribution in [2.24, 2.45) is 11.8 Å². The Balaban J connectivity index is 2.03. The molecular weight excluding hydrogens is 246 g/mol. The zero-order chi connectivity index (χ0) is 13.1. The lowest BCUT2D eigenvalue weighted by Gasteiger charge is -2.34. The van der Waals surface area contributed by atoms with E-state index < -0.39 is 0 Å². The minimum Gasteiger partial charge on any atom is -0.349 e. The number of benzene rings is 1. The second kappa shape index (κ2) is 5.75. The molecule has 1 aromatic carbocycles. The molecule has 3 heteroatoms. The maximum Gasteiger partial charge on any atom is 0.251 e. The summed E-state index contributed by atoms with van der Waals surface area (Å²) in [5.41, 5.74) is 0.646. The third-order valence-electron chi connectivity index (χ3n) is 4.11. The number of rotatable bonds is 2. The minimum atomic E-state index is -0.0107. The zero-order valence-corrected chi connectivity index (χ0v) is 11.7. The molecule has 1 amide bonds. The number of carbonyl (C=O) groups is 1. The van der Waals surface area contributed by atoms with Crippen LogP contribution in [0.25, 0.3) is 0 Å². The van der Waals surface area contributed by atoms with E-state index in [-0.39, 0.29) is 5.91 Å². The minimum absolute atomic E-state index is 0.0107. The van der Waals surface area contributed by atoms with Gasteiger partial charge in [-0.05, 0) is 36.5 Å². The van der Waals surface area contributed by atoms with Gasteiger partial charge in [-0.3, -0.25) is 4.79 Å². The van der Waals surface area contributed by atoms with Crippen LogP contribution in [0.2, 0.25) is 5.02 Å². The van der Waals surface area contributed by atoms with Gasteiger partial charge in [0.15, 0.2) is 0 Å². The molecule has 0 radical (unpaired) electrons. The fraction of sp³-hybridized carbons (Fsp3) is 0.533. The summed E-state index contributed by atoms with van der Waals surface area (Å²) < 4.78 is 0. The first-order valence-electron chi connectivity index (χ1n) is 6.64. The highest BCUT2D eigenvalue weighted by Gasteiger charge is 2.28. The molecule has 3 unspecified atom stereocenters. The topological polar surface area (TPSA) is 29.1 Å². The predicted octanol–water partition coefficient (Wildman–Crippen LogP) is 3.89. The molecule has 1 aliphatic carbocycles. The number of hydrogen-bond donors (Lipinski definition) is 1. The van der Waals surface area contributed by atoms with Crippen molar-refractivity contribution in [1.82, 2.24) is 5.32 Å². The molecule has 0 aromatic heterocycles. The van der Waals surface area contributed by atoms with Crippen LogP contribution in [-0.4, -0.2) is 11.9 Å². The average molecular weight is 266 g/mol. The van der Waals surface area contributed by atoms with Gasteiger partial charge in [-0.1, -0.05) is 44.4 Å². The van der Waals surface area contributed by atoms with E-state index in [9.17, 15) is 4.79 Å². The van der Waals surface area contributed by atoms with Crippen LogP contribution in [0.1, 0.15) is 43.5 Å². The Morgan fingerprint density at radius 3 is 2.83 bits per heavy atom. The van der Waals surface area contributed by atoms with Gasteiger partial charge < -0.3 is 5.32 Å². The summed E-state index contributed by atoms with van der Waals surface area (Å²) >= 11 is 5.90. The van der Waals surface area contributed by atoms with Crippen LogP contribution in [0.4, 0.5) is 0 Å². The van der Waals surface area contributed by atoms with Crippen LogP contribution in [0, 0.1) is 11.8 Å². The molecule has 0 spiro atoms. The van der Waals surface area contributed by atoms with Gasteiger partial charge in [-0.15, -0.1) is 0 Å². The van der Waals surface area contributed by atoms with Gasteiger partial charge in [0.1, 0.15) is 0 Å². The molecule has 1 saturated carbocycles. The van der Waals surface area contributed by atoms with Crippen molar-refractivity contribution in [3.63, 3.8) is 0 Å². The number of halogens is 1. The van der Waals surface area contributed by atoms with Crippen LogP contribution < -0.4 is 5.32 Å². The largest absolute Gasteiger partial charge is 0.349 e. The maximum absolute atomic E-state index is 12.1. The standard InChI is InChI=1S/C15H20ClNO/c1-10-5-3-8-14(11(10)2)17-15(18)12-6-4-7-13(16)9-12/h4,6-7,9-11,14H,3,5,8H2,1-2H3,(H,17,18). The van der Waals surface area contributed by atoms with Gasteiger partial charge in [-0.2, -0.15) is 0 Å². The van der Waals surface area contributed by atoms with Crippen molar-refractivity contribution >= 4 is 17.5 Å². The SMILES string of the molecule is CC1CCCC(NC(=O)c2cccc(Cl)c2)C1C. The summed E-state index contributed by atoms with van der Waals surface area (Å²) in [7, 11) is 0. The van der Waals surface area contributed by atoms with Gasteiger partial charge in [-0.25, -0.2) is 0 Å². The van der Waals surface area contributed by atoms with E-state index in [1.807, 2.05) is 6.07 Å². The molecule has 2 nitrogen and oxygen atoms in total. The second-order valence-electron chi connectivity index (χ2n) is 5.36. The van der Waals surface area contributed by atoms with Crippen LogP contribution in [0.15, 0.2) is 24.3 Å². The molecule has 3 atom stereocenters. The van der Waals surface area contributed by atoms with Gasteiger partial charge in [0.05, 0.1) is 0 Å². The highest BCUT2D eigenvalue weighted by atomic mass is 35.5. The molecule has 2 rings (SSSR count). The predicted molar refractivity (Wildman–Crippen MR) is 74.9 cm³/mol. The first-order chi connectivity index (χ1) is 8.58. The monoisotopic (exact) mass is 265 g/mol. The summed E-state index contributed by atoms with van der Waals surface area (Å²) in [4.78, 5) is 12.1. The quantitative estimate of drug-likeness (QED) is 0.863. The smallest absolute Gasteiger partial charge is 0.251 e. The Morgan fingerprint density at radius 2 is 2.11 bits per heavy atom. The molecule has 98 valence electrons. The van der Waals surface area contributed by atoms with Crippen LogP contribution >= 0.6 is 11.6 Å². The lowest BCUT2D eigenvalue weighted by molar-refractivity contribution is 0.0891. The molecule has 0 saturated heterocycles. The number of nitrogens with one attached hydrogen (secondary N) is 1. The van der Waals surface area contributed by atoms with Crippen molar-refractivity contribution in [3.8, 4) is 0 Å². The fourth-order valence-electron chi connectivity index (χ4n) is 2.67. The van der Waals surface area contributed by atoms with E-state index >= 15 is 0 Å². The Morgan fingerprint density at radius 1 is 1.33 bits per heavy atom. The lowest BCUT2D eigenvalue weighted by atomic mass is 9.78. The first-order valence-corrected chi connectivity index (χ1v) is 7.02. The maximum atomic E-state index is 12.1. The second-order valence-corrected chi connectivity index (χ2v) is 5.79. The van der Waals surface area contributed by atoms with Crippen molar-refractivity contribution in [2.75, 3.05) is 0 Å². The van der Waals surface area contributed by atoms with E-state index in [4.69, 9.17) is 11.6 Å². The van der Waals surface area contributed by atoms with Gasteiger partial charge in [0.2, 0.25) is 0 Å². The van der Waals surface area contributed by atoms with Crippen molar-refractivity contribution in [3.05, 3.63) is 34.9 Å². The normalized spacial score (nSPS) is 27.8. The molecular formula is C15H20ClNO. The third-order valence-corrected chi connectivity index (χ3v) is 4.35. The molecule has 0 heterocycles. The summed E-state index contributed by atoms with van der Waals surface area (Å²) in [5, 5.41) is 3.75. The molecule has 0 aliphatic heterocycles. The van der Waals surface area contributed by atoms with E-state index in [1.165, 1.54) is 12.8 Å². The Labute approximate surface area is 114 Å². The summed E-state index contributed by atoms with van der Waals surface area (Å²) in [5.74, 6) is 1.22. The molecule has 1 fully saturated rings.